The Hall–Kier alpha value is -0.510. The largest absolute Gasteiger partial charge is 0.198 e. The summed E-state index contributed by atoms with van der Waals surface area (Å²) in [5, 5.41) is 10.2. The van der Waals surface area contributed by atoms with Crippen molar-refractivity contribution in [2.24, 2.45) is 35.0 Å². The van der Waals surface area contributed by atoms with E-state index in [2.05, 4.69) is 19.9 Å². The van der Waals surface area contributed by atoms with E-state index >= 15 is 0 Å². The Labute approximate surface area is 195 Å². The van der Waals surface area contributed by atoms with E-state index in [1.807, 2.05) is 0 Å². The van der Waals surface area contributed by atoms with Crippen LogP contribution < -0.4 is 0 Å². The lowest BCUT2D eigenvalue weighted by Crippen LogP contribution is -2.38. The molecule has 0 aromatic carbocycles. The number of nitrogens with zero attached hydrogens (tertiary/aromatic N) is 1. The fourth-order valence-electron chi connectivity index (χ4n) is 7.72. The van der Waals surface area contributed by atoms with Crippen molar-refractivity contribution in [3.8, 4) is 6.07 Å². The number of rotatable bonds is 11. The lowest BCUT2D eigenvalue weighted by atomic mass is 9.57. The summed E-state index contributed by atoms with van der Waals surface area (Å²) >= 11 is 0. The highest BCUT2D eigenvalue weighted by Gasteiger charge is 2.44. The summed E-state index contributed by atoms with van der Waals surface area (Å²) < 4.78 is 0. The molecule has 0 amide bonds. The van der Waals surface area contributed by atoms with Crippen LogP contribution >= 0.6 is 0 Å². The van der Waals surface area contributed by atoms with E-state index in [9.17, 15) is 5.26 Å². The molecule has 31 heavy (non-hydrogen) atoms. The fraction of sp³-hybridized carbons (Fsp3) is 0.967. The summed E-state index contributed by atoms with van der Waals surface area (Å²) in [4.78, 5) is 0. The van der Waals surface area contributed by atoms with Crippen LogP contribution in [0.25, 0.3) is 0 Å². The van der Waals surface area contributed by atoms with E-state index in [1.54, 1.807) is 0 Å². The van der Waals surface area contributed by atoms with Gasteiger partial charge >= 0.3 is 0 Å². The van der Waals surface area contributed by atoms with Crippen molar-refractivity contribution >= 4 is 0 Å². The van der Waals surface area contributed by atoms with Crippen molar-refractivity contribution in [1.29, 1.82) is 5.26 Å². The molecule has 3 aliphatic rings. The molecule has 0 unspecified atom stereocenters. The van der Waals surface area contributed by atoms with Crippen LogP contribution in [0.5, 0.6) is 0 Å². The molecule has 178 valence electrons. The molecule has 3 fully saturated rings. The van der Waals surface area contributed by atoms with Crippen molar-refractivity contribution in [2.45, 2.75) is 149 Å². The highest BCUT2D eigenvalue weighted by atomic mass is 14.5. The second-order valence-electron chi connectivity index (χ2n) is 11.9. The maximum absolute atomic E-state index is 10.2. The SMILES string of the molecule is CCCCCCCC1CCC(C2(C#N)CCC(C3CCC(CCCC)CC3)CC2)CC1. The molecule has 0 radical (unpaired) electrons. The van der Waals surface area contributed by atoms with Crippen LogP contribution in [-0.4, -0.2) is 0 Å². The Kier molecular flexibility index (Phi) is 10.7. The van der Waals surface area contributed by atoms with Crippen molar-refractivity contribution in [1.82, 2.24) is 0 Å². The normalized spacial score (nSPS) is 36.7. The lowest BCUT2D eigenvalue weighted by molar-refractivity contribution is 0.0601. The number of hydrogen-bond acceptors (Lipinski definition) is 1. The predicted octanol–water partition coefficient (Wildman–Crippen LogP) is 9.85. The molecule has 0 spiro atoms. The van der Waals surface area contributed by atoms with Gasteiger partial charge in [-0.25, -0.2) is 0 Å². The maximum atomic E-state index is 10.2. The molecule has 0 aromatic rings. The first-order valence-electron chi connectivity index (χ1n) is 14.6. The van der Waals surface area contributed by atoms with Gasteiger partial charge in [0.25, 0.3) is 0 Å². The molecule has 0 aliphatic heterocycles. The zero-order valence-electron chi connectivity index (χ0n) is 21.2. The van der Waals surface area contributed by atoms with Gasteiger partial charge in [0.05, 0.1) is 11.5 Å². The van der Waals surface area contributed by atoms with Crippen molar-refractivity contribution in [2.75, 3.05) is 0 Å². The van der Waals surface area contributed by atoms with Gasteiger partial charge in [-0.05, 0) is 81.0 Å². The zero-order valence-corrected chi connectivity index (χ0v) is 21.2. The molecular weight excluding hydrogens is 374 g/mol. The Bertz CT molecular complexity index is 507. The van der Waals surface area contributed by atoms with Crippen LogP contribution in [0.2, 0.25) is 0 Å². The highest BCUT2D eigenvalue weighted by Crippen LogP contribution is 2.52. The summed E-state index contributed by atoms with van der Waals surface area (Å²) in [5.74, 6) is 4.62. The zero-order chi connectivity index (χ0) is 21.9. The summed E-state index contributed by atoms with van der Waals surface area (Å²) in [6.45, 7) is 4.63. The van der Waals surface area contributed by atoms with E-state index in [0.717, 1.165) is 23.7 Å². The van der Waals surface area contributed by atoms with Gasteiger partial charge in [0.15, 0.2) is 0 Å². The van der Waals surface area contributed by atoms with Crippen molar-refractivity contribution in [3.05, 3.63) is 0 Å². The third-order valence-electron chi connectivity index (χ3n) is 10.0. The molecule has 3 rings (SSSR count). The van der Waals surface area contributed by atoms with Gasteiger partial charge < -0.3 is 0 Å². The van der Waals surface area contributed by atoms with Crippen LogP contribution in [0.15, 0.2) is 0 Å². The van der Waals surface area contributed by atoms with Gasteiger partial charge in [-0.2, -0.15) is 5.26 Å². The first-order chi connectivity index (χ1) is 15.2. The van der Waals surface area contributed by atoms with Crippen molar-refractivity contribution < 1.29 is 0 Å². The Balaban J connectivity index is 1.37. The average Bonchev–Trinajstić information content (AvgIpc) is 2.83. The first kappa shape index (κ1) is 25.1. The topological polar surface area (TPSA) is 23.8 Å². The molecule has 3 saturated carbocycles. The van der Waals surface area contributed by atoms with Crippen LogP contribution in [0.3, 0.4) is 0 Å². The van der Waals surface area contributed by atoms with E-state index in [0.29, 0.717) is 5.92 Å². The highest BCUT2D eigenvalue weighted by molar-refractivity contribution is 5.06. The second kappa shape index (κ2) is 13.3. The summed E-state index contributed by atoms with van der Waals surface area (Å²) in [7, 11) is 0. The van der Waals surface area contributed by atoms with Crippen molar-refractivity contribution in [3.63, 3.8) is 0 Å². The Morgan fingerprint density at radius 3 is 1.71 bits per heavy atom. The smallest absolute Gasteiger partial charge is 0.0692 e. The molecule has 1 nitrogen and oxygen atoms in total. The predicted molar refractivity (Wildman–Crippen MR) is 134 cm³/mol. The van der Waals surface area contributed by atoms with Gasteiger partial charge in [0.1, 0.15) is 0 Å². The quantitative estimate of drug-likeness (QED) is 0.301. The molecule has 0 heterocycles. The third kappa shape index (κ3) is 7.24. The van der Waals surface area contributed by atoms with E-state index in [4.69, 9.17) is 0 Å². The third-order valence-corrected chi connectivity index (χ3v) is 10.0. The molecule has 0 N–H and O–H groups in total. The minimum absolute atomic E-state index is 0.0426. The standard InChI is InChI=1S/C30H53N/c1-3-5-7-8-9-11-26-14-18-29(19-15-26)30(24-31)22-20-28(21-23-30)27-16-12-25(13-17-27)10-6-4-2/h25-29H,3-23H2,1-2H3. The van der Waals surface area contributed by atoms with Gasteiger partial charge in [-0.3, -0.25) is 0 Å². The first-order valence-corrected chi connectivity index (χ1v) is 14.6. The maximum Gasteiger partial charge on any atom is 0.0692 e. The van der Waals surface area contributed by atoms with E-state index in [-0.39, 0.29) is 5.41 Å². The molecule has 0 bridgehead atoms. The molecule has 0 aromatic heterocycles. The Morgan fingerprint density at radius 1 is 0.613 bits per heavy atom. The van der Waals surface area contributed by atoms with Gasteiger partial charge in [0, 0.05) is 0 Å². The number of hydrogen-bond donors (Lipinski definition) is 0. The minimum Gasteiger partial charge on any atom is -0.198 e. The van der Waals surface area contributed by atoms with Gasteiger partial charge in [-0.15, -0.1) is 0 Å². The van der Waals surface area contributed by atoms with Gasteiger partial charge in [0.2, 0.25) is 0 Å². The van der Waals surface area contributed by atoms with E-state index < -0.39 is 0 Å². The molecule has 0 atom stereocenters. The minimum atomic E-state index is 0.0426. The summed E-state index contributed by atoms with van der Waals surface area (Å²) in [5.41, 5.74) is 0.0426. The van der Waals surface area contributed by atoms with Crippen LogP contribution in [0, 0.1) is 46.3 Å². The number of nitriles is 1. The van der Waals surface area contributed by atoms with Crippen LogP contribution in [0.1, 0.15) is 149 Å². The molecule has 3 aliphatic carbocycles. The number of unbranched alkanes of at least 4 members (excludes halogenated alkanes) is 5. The molecular formula is C30H53N. The monoisotopic (exact) mass is 427 g/mol. The Morgan fingerprint density at radius 2 is 1.13 bits per heavy atom. The van der Waals surface area contributed by atoms with Crippen LogP contribution in [-0.2, 0) is 0 Å². The lowest BCUT2D eigenvalue weighted by Gasteiger charge is -2.46. The van der Waals surface area contributed by atoms with Gasteiger partial charge in [-0.1, -0.05) is 97.3 Å². The average molecular weight is 428 g/mol. The molecule has 1 heteroatoms. The summed E-state index contributed by atoms with van der Waals surface area (Å²) in [6, 6.07) is 2.92. The second-order valence-corrected chi connectivity index (χ2v) is 11.9. The molecule has 0 saturated heterocycles. The van der Waals surface area contributed by atoms with E-state index in [1.165, 1.54) is 135 Å². The summed E-state index contributed by atoms with van der Waals surface area (Å²) in [6.07, 6.45) is 29.4. The van der Waals surface area contributed by atoms with Crippen LogP contribution in [0.4, 0.5) is 0 Å². The fourth-order valence-corrected chi connectivity index (χ4v) is 7.72.